The summed E-state index contributed by atoms with van der Waals surface area (Å²) in [5.74, 6) is 0.401. The molecule has 1 atom stereocenters. The van der Waals surface area contributed by atoms with Crippen molar-refractivity contribution in [3.05, 3.63) is 65.7 Å². The number of rotatable bonds is 4. The topological polar surface area (TPSA) is 47.5 Å². The molecule has 0 aliphatic heterocycles. The van der Waals surface area contributed by atoms with Crippen molar-refractivity contribution in [3.63, 3.8) is 0 Å². The van der Waals surface area contributed by atoms with Crippen molar-refractivity contribution < 1.29 is 0 Å². The zero-order valence-corrected chi connectivity index (χ0v) is 13.3. The van der Waals surface area contributed by atoms with E-state index >= 15 is 0 Å². The fraction of sp³-hybridized carbons (Fsp3) is 0.278. The van der Waals surface area contributed by atoms with Crippen LogP contribution in [0, 0.1) is 0 Å². The van der Waals surface area contributed by atoms with Crippen LogP contribution in [0.1, 0.15) is 36.6 Å². The van der Waals surface area contributed by atoms with E-state index in [1.165, 1.54) is 11.1 Å². The normalized spacial score (nSPS) is 13.0. The summed E-state index contributed by atoms with van der Waals surface area (Å²) >= 11 is 0. The highest BCUT2D eigenvalue weighted by molar-refractivity contribution is 5.51. The third kappa shape index (κ3) is 2.59. The van der Waals surface area contributed by atoms with Gasteiger partial charge in [-0.25, -0.2) is 9.03 Å². The molecule has 116 valence electrons. The Kier molecular flexibility index (Phi) is 3.33. The zero-order chi connectivity index (χ0) is 15.8. The summed E-state index contributed by atoms with van der Waals surface area (Å²) in [5, 5.41) is 12.9. The van der Waals surface area contributed by atoms with E-state index in [4.69, 9.17) is 0 Å². The molecule has 23 heavy (non-hydrogen) atoms. The molecular formula is C18H19N5. The van der Waals surface area contributed by atoms with Crippen molar-refractivity contribution in [1.29, 1.82) is 0 Å². The van der Waals surface area contributed by atoms with Gasteiger partial charge in [0.1, 0.15) is 0 Å². The van der Waals surface area contributed by atoms with E-state index in [2.05, 4.69) is 59.7 Å². The lowest BCUT2D eigenvalue weighted by molar-refractivity contribution is 0.737. The van der Waals surface area contributed by atoms with Gasteiger partial charge in [0.05, 0.1) is 22.9 Å². The Hall–Kier alpha value is -2.69. The largest absolute Gasteiger partial charge is 0.241 e. The molecule has 0 spiro atoms. The van der Waals surface area contributed by atoms with Gasteiger partial charge in [0.15, 0.2) is 0 Å². The van der Waals surface area contributed by atoms with Gasteiger partial charge in [-0.15, -0.1) is 5.10 Å². The first kappa shape index (κ1) is 13.9. The Labute approximate surface area is 134 Å². The van der Waals surface area contributed by atoms with E-state index in [-0.39, 0.29) is 0 Å². The monoisotopic (exact) mass is 305 g/mol. The summed E-state index contributed by atoms with van der Waals surface area (Å²) in [6.07, 6.45) is 7.87. The molecule has 0 N–H and O–H groups in total. The van der Waals surface area contributed by atoms with Crippen LogP contribution < -0.4 is 0 Å². The fourth-order valence-electron chi connectivity index (χ4n) is 2.98. The van der Waals surface area contributed by atoms with Gasteiger partial charge in [0.25, 0.3) is 0 Å². The molecular weight excluding hydrogens is 286 g/mol. The number of hydrogen-bond acceptors (Lipinski definition) is 3. The number of aryl methyl sites for hydroxylation is 1. The van der Waals surface area contributed by atoms with Crippen LogP contribution in [-0.2, 0) is 12.8 Å². The Bertz CT molecular complexity index is 966. The second-order valence-electron chi connectivity index (χ2n) is 6.07. The quantitative estimate of drug-likeness (QED) is 0.581. The van der Waals surface area contributed by atoms with Gasteiger partial charge in [0.2, 0.25) is 0 Å². The molecule has 0 aromatic carbocycles. The molecule has 1 unspecified atom stereocenters. The minimum Gasteiger partial charge on any atom is -0.241 e. The first-order valence-corrected chi connectivity index (χ1v) is 8.00. The molecule has 0 fully saturated rings. The molecule has 5 heteroatoms. The van der Waals surface area contributed by atoms with Crippen LogP contribution in [0.2, 0.25) is 0 Å². The molecule has 4 heterocycles. The van der Waals surface area contributed by atoms with Crippen LogP contribution in [-0.4, -0.2) is 24.4 Å². The highest BCUT2D eigenvalue weighted by atomic mass is 15.4. The third-order valence-corrected chi connectivity index (χ3v) is 4.35. The zero-order valence-electron chi connectivity index (χ0n) is 13.3. The van der Waals surface area contributed by atoms with Crippen LogP contribution in [0.3, 0.4) is 0 Å². The maximum Gasteiger partial charge on any atom is 0.0685 e. The van der Waals surface area contributed by atoms with E-state index in [9.17, 15) is 0 Å². The van der Waals surface area contributed by atoms with Gasteiger partial charge in [0, 0.05) is 12.4 Å². The summed E-state index contributed by atoms with van der Waals surface area (Å²) in [6, 6.07) is 10.6. The number of aromatic nitrogens is 5. The molecule has 4 rings (SSSR count). The molecule has 0 radical (unpaired) electrons. The predicted octanol–water partition coefficient (Wildman–Crippen LogP) is 3.29. The Balaban J connectivity index is 1.61. The second kappa shape index (κ2) is 5.50. The lowest BCUT2D eigenvalue weighted by Crippen LogP contribution is -2.01. The van der Waals surface area contributed by atoms with Crippen LogP contribution in [0.25, 0.3) is 11.0 Å². The molecule has 0 saturated heterocycles. The molecule has 4 aromatic heterocycles. The van der Waals surface area contributed by atoms with Crippen molar-refractivity contribution in [1.82, 2.24) is 24.4 Å². The van der Waals surface area contributed by atoms with Gasteiger partial charge >= 0.3 is 0 Å². The van der Waals surface area contributed by atoms with Crippen molar-refractivity contribution in [2.45, 2.75) is 32.6 Å². The van der Waals surface area contributed by atoms with E-state index in [0.29, 0.717) is 5.92 Å². The molecule has 0 amide bonds. The molecule has 0 aliphatic rings. The van der Waals surface area contributed by atoms with Crippen molar-refractivity contribution >= 4 is 11.0 Å². The van der Waals surface area contributed by atoms with Crippen molar-refractivity contribution in [3.8, 4) is 0 Å². The second-order valence-corrected chi connectivity index (χ2v) is 6.07. The van der Waals surface area contributed by atoms with E-state index in [1.54, 1.807) is 0 Å². The van der Waals surface area contributed by atoms with Gasteiger partial charge in [-0.3, -0.25) is 0 Å². The highest BCUT2D eigenvalue weighted by Crippen LogP contribution is 2.22. The predicted molar refractivity (Wildman–Crippen MR) is 89.7 cm³/mol. The maximum atomic E-state index is 4.46. The van der Waals surface area contributed by atoms with E-state index in [1.807, 2.05) is 27.5 Å². The van der Waals surface area contributed by atoms with Crippen molar-refractivity contribution in [2.75, 3.05) is 0 Å². The molecule has 4 aromatic rings. The minimum absolute atomic E-state index is 0.401. The standard InChI is InChI=1S/C18H19N5/c1-3-16-10-18-8-14(12-23(18)21-20-16)7-13(2)15-9-17-5-4-6-22(17)19-11-15/h4-6,8-13H,3,7H2,1-2H3. The molecule has 0 saturated carbocycles. The Morgan fingerprint density at radius 3 is 2.91 bits per heavy atom. The average Bonchev–Trinajstić information content (AvgIpc) is 3.18. The van der Waals surface area contributed by atoms with Crippen LogP contribution in [0.5, 0.6) is 0 Å². The highest BCUT2D eigenvalue weighted by Gasteiger charge is 2.11. The molecule has 5 nitrogen and oxygen atoms in total. The molecule has 0 bridgehead atoms. The first-order valence-electron chi connectivity index (χ1n) is 8.00. The summed E-state index contributed by atoms with van der Waals surface area (Å²) in [5.41, 5.74) is 5.80. The third-order valence-electron chi connectivity index (χ3n) is 4.35. The van der Waals surface area contributed by atoms with Gasteiger partial charge in [-0.2, -0.15) is 5.10 Å². The summed E-state index contributed by atoms with van der Waals surface area (Å²) in [6.45, 7) is 4.33. The van der Waals surface area contributed by atoms with E-state index in [0.717, 1.165) is 29.6 Å². The first-order chi connectivity index (χ1) is 11.2. The fourth-order valence-corrected chi connectivity index (χ4v) is 2.98. The number of hydrogen-bond donors (Lipinski definition) is 0. The van der Waals surface area contributed by atoms with Gasteiger partial charge in [-0.05, 0) is 60.2 Å². The van der Waals surface area contributed by atoms with Gasteiger partial charge in [-0.1, -0.05) is 19.1 Å². The number of nitrogens with zero attached hydrogens (tertiary/aromatic N) is 5. The minimum atomic E-state index is 0.401. The number of fused-ring (bicyclic) bond motifs is 2. The smallest absolute Gasteiger partial charge is 0.0685 e. The van der Waals surface area contributed by atoms with Crippen LogP contribution in [0.4, 0.5) is 0 Å². The average molecular weight is 305 g/mol. The Morgan fingerprint density at radius 2 is 2.04 bits per heavy atom. The molecule has 0 aliphatic carbocycles. The SMILES string of the molecule is CCc1cc2cc(CC(C)c3cnn4cccc4c3)cn2nn1. The summed E-state index contributed by atoms with van der Waals surface area (Å²) < 4.78 is 3.75. The summed E-state index contributed by atoms with van der Waals surface area (Å²) in [7, 11) is 0. The van der Waals surface area contributed by atoms with E-state index < -0.39 is 0 Å². The Morgan fingerprint density at radius 1 is 1.13 bits per heavy atom. The van der Waals surface area contributed by atoms with Gasteiger partial charge < -0.3 is 0 Å². The van der Waals surface area contributed by atoms with Crippen molar-refractivity contribution in [2.24, 2.45) is 0 Å². The lowest BCUT2D eigenvalue weighted by Gasteiger charge is -2.10. The van der Waals surface area contributed by atoms with Crippen LogP contribution in [0.15, 0.2) is 48.9 Å². The lowest BCUT2D eigenvalue weighted by atomic mass is 9.96. The van der Waals surface area contributed by atoms with Crippen LogP contribution >= 0.6 is 0 Å². The summed E-state index contributed by atoms with van der Waals surface area (Å²) in [4.78, 5) is 0. The maximum absolute atomic E-state index is 4.46.